The molecule has 4 aromatic heterocycles. The lowest BCUT2D eigenvalue weighted by Gasteiger charge is -2.22. The van der Waals surface area contributed by atoms with Crippen LogP contribution in [0.2, 0.25) is 12.6 Å². The molecular weight excluding hydrogens is 414 g/mol. The summed E-state index contributed by atoms with van der Waals surface area (Å²) in [6, 6.07) is 3.49. The smallest absolute Gasteiger partial charge is 0.267 e. The minimum atomic E-state index is -0.334. The van der Waals surface area contributed by atoms with E-state index >= 15 is 0 Å². The van der Waals surface area contributed by atoms with Crippen LogP contribution in [0.5, 0.6) is 0 Å². The van der Waals surface area contributed by atoms with Gasteiger partial charge in [0.2, 0.25) is 6.41 Å². The summed E-state index contributed by atoms with van der Waals surface area (Å²) in [4.78, 5) is 24.1. The third-order valence-electron chi connectivity index (χ3n) is 5.50. The molecular formula is C21H20BFN6OS. The minimum Gasteiger partial charge on any atom is -0.372 e. The van der Waals surface area contributed by atoms with Gasteiger partial charge >= 0.3 is 0 Å². The second-order valence-corrected chi connectivity index (χ2v) is 8.63. The molecule has 5 rings (SSSR count). The fourth-order valence-corrected chi connectivity index (χ4v) is 4.97. The number of thiophene rings is 1. The summed E-state index contributed by atoms with van der Waals surface area (Å²) in [5.74, 6) is 2.41. The first kappa shape index (κ1) is 20.9. The second kappa shape index (κ2) is 8.82. The molecule has 10 heteroatoms. The molecule has 1 amide bonds. The van der Waals surface area contributed by atoms with Crippen molar-refractivity contribution < 1.29 is 9.18 Å². The highest BCUT2D eigenvalue weighted by Crippen LogP contribution is 2.36. The third-order valence-corrected chi connectivity index (χ3v) is 6.57. The molecule has 0 bridgehead atoms. The first-order valence-corrected chi connectivity index (χ1v) is 10.8. The molecule has 0 unspecified atom stereocenters. The third kappa shape index (κ3) is 4.27. The number of rotatable bonds is 2. The molecule has 0 saturated carbocycles. The molecule has 1 fully saturated rings. The van der Waals surface area contributed by atoms with E-state index < -0.39 is 0 Å². The van der Waals surface area contributed by atoms with E-state index in [4.69, 9.17) is 15.0 Å². The van der Waals surface area contributed by atoms with Crippen LogP contribution in [0.3, 0.4) is 0 Å². The van der Waals surface area contributed by atoms with Crippen LogP contribution in [0.25, 0.3) is 26.4 Å². The van der Waals surface area contributed by atoms with Crippen molar-refractivity contribution in [3.8, 4) is 16.4 Å². The van der Waals surface area contributed by atoms with Crippen molar-refractivity contribution >= 4 is 40.5 Å². The molecule has 5 heterocycles. The lowest BCUT2D eigenvalue weighted by Crippen LogP contribution is -2.19. The zero-order valence-corrected chi connectivity index (χ0v) is 17.8. The fraction of sp³-hybridized carbons (Fsp3) is 0.286. The van der Waals surface area contributed by atoms with Crippen LogP contribution in [0.1, 0.15) is 30.1 Å². The van der Waals surface area contributed by atoms with Crippen molar-refractivity contribution in [2.24, 2.45) is 5.73 Å². The Hall–Kier alpha value is -3.32. The van der Waals surface area contributed by atoms with Gasteiger partial charge in [-0.1, -0.05) is 25.5 Å². The summed E-state index contributed by atoms with van der Waals surface area (Å²) in [6.07, 6.45) is 9.66. The van der Waals surface area contributed by atoms with Gasteiger partial charge in [-0.3, -0.25) is 9.78 Å². The molecule has 1 aliphatic rings. The molecule has 31 heavy (non-hydrogen) atoms. The normalized spacial score (nSPS) is 14.3. The van der Waals surface area contributed by atoms with Gasteiger partial charge in [-0.2, -0.15) is 0 Å². The van der Waals surface area contributed by atoms with Crippen LogP contribution in [0, 0.1) is 24.0 Å². The predicted molar refractivity (Wildman–Crippen MR) is 120 cm³/mol. The maximum Gasteiger partial charge on any atom is 0.267 e. The van der Waals surface area contributed by atoms with E-state index in [-0.39, 0.29) is 18.9 Å². The summed E-state index contributed by atoms with van der Waals surface area (Å²) < 4.78 is 16.2. The Labute approximate surface area is 182 Å². The van der Waals surface area contributed by atoms with Crippen molar-refractivity contribution in [3.63, 3.8) is 0 Å². The number of nitriles is 1. The van der Waals surface area contributed by atoms with Gasteiger partial charge in [0.15, 0.2) is 11.5 Å². The number of nitrogens with two attached hydrogens (primary N) is 1. The Kier molecular flexibility index (Phi) is 5.95. The van der Waals surface area contributed by atoms with E-state index in [2.05, 4.69) is 21.7 Å². The number of primary amides is 1. The lowest BCUT2D eigenvalue weighted by molar-refractivity contribution is -0.106. The Morgan fingerprint density at radius 1 is 1.32 bits per heavy atom. The number of carbonyl (C=O) groups excluding carboxylic acids is 1. The summed E-state index contributed by atoms with van der Waals surface area (Å²) in [5.41, 5.74) is 7.92. The molecule has 0 aromatic carbocycles. The van der Waals surface area contributed by atoms with Gasteiger partial charge in [-0.15, -0.1) is 11.3 Å². The van der Waals surface area contributed by atoms with E-state index in [0.29, 0.717) is 11.6 Å². The molecule has 1 aliphatic heterocycles. The van der Waals surface area contributed by atoms with Gasteiger partial charge in [0.05, 0.1) is 11.4 Å². The van der Waals surface area contributed by atoms with E-state index in [1.165, 1.54) is 17.4 Å². The van der Waals surface area contributed by atoms with Gasteiger partial charge in [0.1, 0.15) is 10.3 Å². The van der Waals surface area contributed by atoms with Gasteiger partial charge in [0, 0.05) is 40.9 Å². The van der Waals surface area contributed by atoms with Crippen LogP contribution < -0.4 is 5.73 Å². The number of aryl methyl sites for hydroxylation is 1. The van der Waals surface area contributed by atoms with Crippen LogP contribution in [0.15, 0.2) is 30.7 Å². The highest BCUT2D eigenvalue weighted by molar-refractivity contribution is 7.21. The van der Waals surface area contributed by atoms with Gasteiger partial charge < -0.3 is 10.1 Å². The van der Waals surface area contributed by atoms with Crippen LogP contribution in [-0.4, -0.2) is 32.5 Å². The van der Waals surface area contributed by atoms with E-state index in [0.717, 1.165) is 57.7 Å². The van der Waals surface area contributed by atoms with Gasteiger partial charge in [-0.25, -0.2) is 19.6 Å². The Morgan fingerprint density at radius 3 is 2.77 bits per heavy atom. The molecule has 7 nitrogen and oxygen atoms in total. The van der Waals surface area contributed by atoms with E-state index in [1.807, 2.05) is 31.6 Å². The number of hydrogen-bond donors (Lipinski definition) is 1. The zero-order valence-electron chi connectivity index (χ0n) is 17.0. The quantitative estimate of drug-likeness (QED) is 0.379. The number of pyridine rings is 1. The van der Waals surface area contributed by atoms with Crippen molar-refractivity contribution in [3.05, 3.63) is 47.9 Å². The maximum atomic E-state index is 14.4. The molecule has 1 saturated heterocycles. The number of imidazole rings is 1. The number of aromatic nitrogens is 4. The highest BCUT2D eigenvalue weighted by atomic mass is 32.1. The topological polar surface area (TPSA) is 110 Å². The number of hydrogen-bond acceptors (Lipinski definition) is 6. The molecule has 2 N–H and O–H groups in total. The molecule has 0 radical (unpaired) electrons. The Bertz CT molecular complexity index is 1290. The Balaban J connectivity index is 0.000000730. The standard InChI is InChI=1S/C20H17BFN5S.CH3NO/c1-12-9-27-10-14(6-15(22)19(27)25-12)18-7-16-20(28-18)26-17(8-24-16)13-2-4-21(11-23)5-3-13;2-1-3/h6-10,13H,2-5H2,1H3;1H,(H2,2,3). The predicted octanol–water partition coefficient (Wildman–Crippen LogP) is 3.99. The van der Waals surface area contributed by atoms with Crippen LogP contribution >= 0.6 is 11.3 Å². The van der Waals surface area contributed by atoms with E-state index in [1.54, 1.807) is 4.40 Å². The SMILES string of the molecule is Cc1cn2cc(-c3cc4ncc(C5CCB(C#N)CC5)nc4s3)cc(F)c2n1.NC=O. The molecule has 0 aliphatic carbocycles. The number of carbonyl (C=O) groups is 1. The van der Waals surface area contributed by atoms with Gasteiger partial charge in [-0.05, 0) is 19.1 Å². The largest absolute Gasteiger partial charge is 0.372 e. The van der Waals surface area contributed by atoms with Crippen molar-refractivity contribution in [2.45, 2.75) is 38.3 Å². The monoisotopic (exact) mass is 434 g/mol. The summed E-state index contributed by atoms with van der Waals surface area (Å²) >= 11 is 1.53. The summed E-state index contributed by atoms with van der Waals surface area (Å²) in [5, 5.41) is 9.08. The average molecular weight is 434 g/mol. The lowest BCUT2D eigenvalue weighted by atomic mass is 9.41. The summed E-state index contributed by atoms with van der Waals surface area (Å²) in [6.45, 7) is 2.03. The minimum absolute atomic E-state index is 0.179. The maximum absolute atomic E-state index is 14.4. The highest BCUT2D eigenvalue weighted by Gasteiger charge is 2.26. The van der Waals surface area contributed by atoms with Gasteiger partial charge in [0.25, 0.3) is 6.71 Å². The first-order chi connectivity index (χ1) is 15.0. The van der Waals surface area contributed by atoms with Crippen molar-refractivity contribution in [1.29, 1.82) is 5.26 Å². The molecule has 4 aromatic rings. The number of halogens is 1. The fourth-order valence-electron chi connectivity index (χ4n) is 4.00. The van der Waals surface area contributed by atoms with Crippen molar-refractivity contribution in [2.75, 3.05) is 0 Å². The zero-order chi connectivity index (χ0) is 22.0. The first-order valence-electron chi connectivity index (χ1n) is 9.99. The van der Waals surface area contributed by atoms with Crippen molar-refractivity contribution in [1.82, 2.24) is 19.4 Å². The number of amides is 1. The Morgan fingerprint density at radius 2 is 2.06 bits per heavy atom. The van der Waals surface area contributed by atoms with Crippen LogP contribution in [-0.2, 0) is 4.79 Å². The molecule has 0 spiro atoms. The second-order valence-electron chi connectivity index (χ2n) is 7.60. The van der Waals surface area contributed by atoms with E-state index in [9.17, 15) is 4.39 Å². The number of fused-ring (bicyclic) bond motifs is 2. The summed E-state index contributed by atoms with van der Waals surface area (Å²) in [7, 11) is 0. The number of nitrogens with zero attached hydrogens (tertiary/aromatic N) is 5. The van der Waals surface area contributed by atoms with Crippen LogP contribution in [0.4, 0.5) is 4.39 Å². The molecule has 0 atom stereocenters. The molecule has 156 valence electrons. The average Bonchev–Trinajstić information content (AvgIpc) is 3.37.